The van der Waals surface area contributed by atoms with E-state index in [0.29, 0.717) is 10.1 Å². The molecule has 2 aliphatic carbocycles. The van der Waals surface area contributed by atoms with Crippen molar-refractivity contribution in [2.45, 2.75) is 10.1 Å². The van der Waals surface area contributed by atoms with Gasteiger partial charge in [0.1, 0.15) is 0 Å². The molecule has 0 nitrogen and oxygen atoms in total. The molecule has 3 aromatic carbocycles. The van der Waals surface area contributed by atoms with Gasteiger partial charge in [0.05, 0.1) is 0 Å². The molecular formula is C22H15I3Ti. The molecule has 0 spiro atoms. The number of halogens is 3. The summed E-state index contributed by atoms with van der Waals surface area (Å²) in [4.78, 5) is 0. The van der Waals surface area contributed by atoms with Crippen molar-refractivity contribution in [1.29, 1.82) is 0 Å². The van der Waals surface area contributed by atoms with Gasteiger partial charge >= 0.3 is 148 Å². The first-order valence-electron chi connectivity index (χ1n) is 8.04. The van der Waals surface area contributed by atoms with E-state index < -0.39 is 0 Å². The Bertz CT molecular complexity index is 919. The molecule has 0 fully saturated rings. The van der Waals surface area contributed by atoms with Crippen molar-refractivity contribution in [1.82, 2.24) is 0 Å². The van der Waals surface area contributed by atoms with Gasteiger partial charge in [0, 0.05) is 0 Å². The Morgan fingerprint density at radius 1 is 0.577 bits per heavy atom. The van der Waals surface area contributed by atoms with Crippen LogP contribution in [0.2, 0.25) is 0 Å². The Morgan fingerprint density at radius 3 is 1.58 bits per heavy atom. The van der Waals surface area contributed by atoms with E-state index in [-0.39, 0.29) is 71.9 Å². The van der Waals surface area contributed by atoms with Crippen LogP contribution in [0.4, 0.5) is 0 Å². The Hall–Kier alpha value is 0.304. The summed E-state index contributed by atoms with van der Waals surface area (Å²) in [6.45, 7) is 0. The molecule has 1 atom stereocenters. The summed E-state index contributed by atoms with van der Waals surface area (Å²) in [6.07, 6.45) is 2.42. The summed E-state index contributed by atoms with van der Waals surface area (Å²) in [5.41, 5.74) is 10.1. The molecule has 5 rings (SSSR count). The number of hydrogen-bond donors (Lipinski definition) is 0. The molecule has 0 saturated heterocycles. The van der Waals surface area contributed by atoms with Crippen molar-refractivity contribution in [2.75, 3.05) is 0 Å². The summed E-state index contributed by atoms with van der Waals surface area (Å²) < 4.78 is 0.482. The van der Waals surface area contributed by atoms with Crippen molar-refractivity contribution >= 4 is 6.08 Å². The van der Waals surface area contributed by atoms with Gasteiger partial charge in [-0.15, -0.1) is 0 Å². The second-order valence-corrected chi connectivity index (χ2v) is 7.22. The normalized spacial score (nSPS) is 16.2. The van der Waals surface area contributed by atoms with Crippen molar-refractivity contribution < 1.29 is 92.4 Å². The molecule has 0 aliphatic heterocycles. The maximum atomic E-state index is 2.42. The molecule has 0 bridgehead atoms. The van der Waals surface area contributed by atoms with Gasteiger partial charge in [-0.2, -0.15) is 0 Å². The summed E-state index contributed by atoms with van der Waals surface area (Å²) in [7, 11) is 0. The fourth-order valence-electron chi connectivity index (χ4n) is 4.11. The molecule has 0 heterocycles. The number of rotatable bonds is 1. The molecule has 0 saturated carbocycles. The first kappa shape index (κ1) is 22.6. The Morgan fingerprint density at radius 2 is 1.04 bits per heavy atom. The average molecular weight is 708 g/mol. The van der Waals surface area contributed by atoms with Gasteiger partial charge in [-0.25, -0.2) is 0 Å². The number of allylic oxidation sites excluding steroid dienone is 1. The third-order valence-electron chi connectivity index (χ3n) is 5.13. The zero-order valence-corrected chi connectivity index (χ0v) is 21.8. The first-order chi connectivity index (χ1) is 11.3. The van der Waals surface area contributed by atoms with Crippen LogP contribution in [-0.4, -0.2) is 0 Å². The fraction of sp³-hybridized carbons (Fsp3) is 0.0909. The standard InChI is InChI=1S/C22H15.3HI.Ti/c1-2-8-16-14-17(13-15(16)7-1)22-20-11-5-3-9-18(20)19-10-4-6-12-21(19)22;;;;/h1-14,22H;3*1H;/q;;;;+3/p-3. The Balaban J connectivity index is 0.000000810. The molecule has 2 aliphatic rings. The topological polar surface area (TPSA) is 0 Å². The van der Waals surface area contributed by atoms with E-state index in [4.69, 9.17) is 0 Å². The quantitative estimate of drug-likeness (QED) is 0.182. The third-order valence-corrected chi connectivity index (χ3v) is 6.14. The van der Waals surface area contributed by atoms with E-state index in [1.807, 2.05) is 0 Å². The van der Waals surface area contributed by atoms with Crippen molar-refractivity contribution in [3.8, 4) is 11.1 Å². The zero-order chi connectivity index (χ0) is 15.4. The van der Waals surface area contributed by atoms with Crippen LogP contribution in [-0.2, 0) is 20.4 Å². The zero-order valence-electron chi connectivity index (χ0n) is 13.8. The van der Waals surface area contributed by atoms with E-state index in [2.05, 4.69) is 99.3 Å². The third kappa shape index (κ3) is 3.51. The molecule has 128 valence electrons. The molecule has 1 unspecified atom stereocenters. The summed E-state index contributed by atoms with van der Waals surface area (Å²) in [5.74, 6) is 0.393. The number of fused-ring (bicyclic) bond motifs is 4. The second kappa shape index (κ2) is 9.20. The van der Waals surface area contributed by atoms with Crippen LogP contribution >= 0.6 is 0 Å². The van der Waals surface area contributed by atoms with Crippen LogP contribution in [0.25, 0.3) is 17.2 Å². The molecule has 0 radical (unpaired) electrons. The van der Waals surface area contributed by atoms with E-state index in [1.165, 1.54) is 39.0 Å². The van der Waals surface area contributed by atoms with Crippen LogP contribution < -0.4 is 71.9 Å². The molecule has 26 heavy (non-hydrogen) atoms. The van der Waals surface area contributed by atoms with E-state index in [9.17, 15) is 0 Å². The van der Waals surface area contributed by atoms with Gasteiger partial charge in [0.2, 0.25) is 0 Å². The van der Waals surface area contributed by atoms with Gasteiger partial charge in [0.25, 0.3) is 0 Å². The fourth-order valence-corrected chi connectivity index (χ4v) is 4.91. The minimum atomic E-state index is 0. The van der Waals surface area contributed by atoms with Crippen molar-refractivity contribution in [2.24, 2.45) is 0 Å². The van der Waals surface area contributed by atoms with E-state index in [0.717, 1.165) is 0 Å². The van der Waals surface area contributed by atoms with Gasteiger partial charge in [-0.05, 0) is 0 Å². The van der Waals surface area contributed by atoms with Gasteiger partial charge in [-0.1, -0.05) is 0 Å². The average Bonchev–Trinajstić information content (AvgIpc) is 3.11. The Labute approximate surface area is 217 Å². The molecule has 0 N–H and O–H groups in total. The van der Waals surface area contributed by atoms with Crippen LogP contribution in [0.1, 0.15) is 32.4 Å². The number of hydrogen-bond acceptors (Lipinski definition) is 0. The van der Waals surface area contributed by atoms with Crippen molar-refractivity contribution in [3.63, 3.8) is 0 Å². The van der Waals surface area contributed by atoms with Gasteiger partial charge < -0.3 is 71.9 Å². The number of benzene rings is 3. The van der Waals surface area contributed by atoms with Crippen molar-refractivity contribution in [3.05, 3.63) is 101 Å². The van der Waals surface area contributed by atoms with Crippen LogP contribution in [0.3, 0.4) is 0 Å². The summed E-state index contributed by atoms with van der Waals surface area (Å²) in [5, 5.41) is 0. The van der Waals surface area contributed by atoms with Crippen LogP contribution in [0.15, 0.2) is 78.4 Å². The Kier molecular flexibility index (Phi) is 8.00. The molecular weight excluding hydrogens is 693 g/mol. The molecule has 0 aromatic heterocycles. The first-order valence-corrected chi connectivity index (χ1v) is 8.94. The summed E-state index contributed by atoms with van der Waals surface area (Å²) in [6, 6.07) is 26.6. The van der Waals surface area contributed by atoms with E-state index in [1.54, 1.807) is 0 Å². The molecule has 3 aromatic rings. The van der Waals surface area contributed by atoms with Crippen LogP contribution in [0, 0.1) is 0 Å². The maximum absolute atomic E-state index is 2.42. The van der Waals surface area contributed by atoms with Crippen LogP contribution in [0.5, 0.6) is 0 Å². The predicted molar refractivity (Wildman–Crippen MR) is 90.9 cm³/mol. The minimum absolute atomic E-state index is 0. The molecule has 0 amide bonds. The molecule has 4 heteroatoms. The monoisotopic (exact) mass is 708 g/mol. The predicted octanol–water partition coefficient (Wildman–Crippen LogP) is -3.50. The van der Waals surface area contributed by atoms with E-state index >= 15 is 0 Å². The SMILES string of the molecule is [I-].[I-].[I-].[Ti+3][CH]1C(C2c3ccccc3-c3ccccc32)=Cc2ccccc21. The van der Waals surface area contributed by atoms with Gasteiger partial charge in [0.15, 0.2) is 0 Å². The summed E-state index contributed by atoms with van der Waals surface area (Å²) >= 11 is 2.35. The van der Waals surface area contributed by atoms with Gasteiger partial charge in [-0.3, -0.25) is 0 Å². The second-order valence-electron chi connectivity index (χ2n) is 6.31.